The van der Waals surface area contributed by atoms with Gasteiger partial charge < -0.3 is 18.3 Å². The lowest BCUT2D eigenvalue weighted by molar-refractivity contribution is 0.152. The van der Waals surface area contributed by atoms with Crippen LogP contribution >= 0.6 is 0 Å². The van der Waals surface area contributed by atoms with Gasteiger partial charge >= 0.3 is 14.7 Å². The molecule has 0 aliphatic carbocycles. The molecule has 11 rings (SSSR count). The first kappa shape index (κ1) is 30.6. The third-order valence-electron chi connectivity index (χ3n) is 8.48. The van der Waals surface area contributed by atoms with Gasteiger partial charge in [0, 0.05) is 17.4 Å². The highest BCUT2D eigenvalue weighted by Gasteiger charge is 2.28. The highest BCUT2D eigenvalue weighted by Crippen LogP contribution is 2.35. The molecule has 4 aromatic carbocycles. The van der Waals surface area contributed by atoms with E-state index < -0.39 is 14.7 Å². The highest BCUT2D eigenvalue weighted by molar-refractivity contribution is 6.65. The molecule has 7 aliphatic heterocycles. The fraction of sp³-hybridized carbons (Fsp3) is 0.324. The van der Waals surface area contributed by atoms with Crippen molar-refractivity contribution in [3.63, 3.8) is 0 Å². The summed E-state index contributed by atoms with van der Waals surface area (Å²) >= 11 is 0. The summed E-state index contributed by atoms with van der Waals surface area (Å²) < 4.78 is 23.6. The molecule has 43 heavy (non-hydrogen) atoms. The molecule has 6 heteroatoms. The lowest BCUT2D eigenvalue weighted by Crippen LogP contribution is -2.38. The molecule has 8 bridgehead atoms. The van der Waals surface area contributed by atoms with Gasteiger partial charge in [-0.05, 0) is 96.6 Å². The largest absolute Gasteiger partial charge is 0.520 e. The quantitative estimate of drug-likeness (QED) is 0.115. The van der Waals surface area contributed by atoms with Gasteiger partial charge in [-0.15, -0.1) is 0 Å². The van der Waals surface area contributed by atoms with Crippen molar-refractivity contribution >= 4 is 14.7 Å². The van der Waals surface area contributed by atoms with Gasteiger partial charge in [-0.1, -0.05) is 88.4 Å². The van der Waals surface area contributed by atoms with E-state index in [2.05, 4.69) is 77.2 Å². The van der Waals surface area contributed by atoms with Crippen LogP contribution < -0.4 is 13.9 Å². The van der Waals surface area contributed by atoms with Crippen LogP contribution in [-0.2, 0) is 21.7 Å². The molecule has 224 valence electrons. The third kappa shape index (κ3) is 7.38. The van der Waals surface area contributed by atoms with Gasteiger partial charge in [0.2, 0.25) is 0 Å². The van der Waals surface area contributed by atoms with E-state index in [9.17, 15) is 4.79 Å². The zero-order valence-corrected chi connectivity index (χ0v) is 27.1. The van der Waals surface area contributed by atoms with E-state index in [-0.39, 0.29) is 10.8 Å². The van der Waals surface area contributed by atoms with Gasteiger partial charge in [0.1, 0.15) is 17.2 Å². The molecule has 7 heterocycles. The third-order valence-corrected chi connectivity index (χ3v) is 10.1. The summed E-state index contributed by atoms with van der Waals surface area (Å²) in [5.74, 6) is 1.69. The Hall–Kier alpha value is -3.87. The average molecular weight is 595 g/mol. The van der Waals surface area contributed by atoms with Crippen LogP contribution in [0.1, 0.15) is 68.4 Å². The minimum absolute atomic E-state index is 0.208. The van der Waals surface area contributed by atoms with Crippen LogP contribution in [-0.4, -0.2) is 21.3 Å². The van der Waals surface area contributed by atoms with Crippen LogP contribution in [0.15, 0.2) is 97.1 Å². The van der Waals surface area contributed by atoms with Crippen molar-refractivity contribution in [2.24, 2.45) is 0 Å². The van der Waals surface area contributed by atoms with Crippen LogP contribution in [0, 0.1) is 0 Å². The molecule has 0 aromatic heterocycles. The van der Waals surface area contributed by atoms with Crippen molar-refractivity contribution in [2.75, 3.05) is 6.61 Å². The average Bonchev–Trinajstić information content (AvgIpc) is 2.97. The lowest BCUT2D eigenvalue weighted by atomic mass is 9.78. The second kappa shape index (κ2) is 12.4. The minimum Gasteiger partial charge on any atom is -0.520 e. The number of hydrogen-bond donors (Lipinski definition) is 0. The van der Waals surface area contributed by atoms with Crippen molar-refractivity contribution in [3.05, 3.63) is 125 Å². The fourth-order valence-electron chi connectivity index (χ4n) is 5.52. The van der Waals surface area contributed by atoms with Crippen LogP contribution in [0.3, 0.4) is 0 Å². The first-order chi connectivity index (χ1) is 20.4. The Bertz CT molecular complexity index is 1520. The zero-order chi connectivity index (χ0) is 30.7. The van der Waals surface area contributed by atoms with Crippen molar-refractivity contribution in [1.82, 2.24) is 0 Å². The number of ether oxygens (including phenoxy) is 2. The number of hydrogen-bond acceptors (Lipinski definition) is 5. The molecule has 0 saturated heterocycles. The summed E-state index contributed by atoms with van der Waals surface area (Å²) in [6.07, 6.45) is 2.28. The van der Waals surface area contributed by atoms with Gasteiger partial charge in [0.05, 0.1) is 0 Å². The second-order valence-corrected chi connectivity index (χ2v) is 16.1. The summed E-state index contributed by atoms with van der Waals surface area (Å²) in [5.41, 5.74) is 5.46. The second-order valence-electron chi connectivity index (χ2n) is 12.8. The molecule has 0 spiro atoms. The summed E-state index contributed by atoms with van der Waals surface area (Å²) in [4.78, 5) is 12.6. The normalized spacial score (nSPS) is 18.2. The Balaban J connectivity index is 1.38. The molecule has 0 amide bonds. The first-order valence-corrected chi connectivity index (χ1v) is 17.9. The SMILES string of the molecule is CC1(C)c2ccc(cc2)CCCCO[Si](C)(C)Oc2ccc(cc2)C(C)(C)c2ccc(cc2)OC(=O)Oc2ccc1cc2. The minimum atomic E-state index is -2.33. The first-order valence-electron chi connectivity index (χ1n) is 15.1. The van der Waals surface area contributed by atoms with E-state index in [1.807, 2.05) is 48.5 Å². The smallest absolute Gasteiger partial charge is 0.519 e. The van der Waals surface area contributed by atoms with E-state index >= 15 is 0 Å². The number of carbonyl (C=O) groups is 1. The van der Waals surface area contributed by atoms with Gasteiger partial charge in [-0.2, -0.15) is 0 Å². The Morgan fingerprint density at radius 3 is 1.40 bits per heavy atom. The Kier molecular flexibility index (Phi) is 8.81. The maximum atomic E-state index is 12.6. The van der Waals surface area contributed by atoms with Crippen molar-refractivity contribution in [3.8, 4) is 17.2 Å². The molecule has 4 aromatic rings. The number of benzene rings is 4. The van der Waals surface area contributed by atoms with E-state index in [0.29, 0.717) is 18.1 Å². The maximum absolute atomic E-state index is 12.6. The maximum Gasteiger partial charge on any atom is 0.519 e. The van der Waals surface area contributed by atoms with Crippen LogP contribution in [0.4, 0.5) is 4.79 Å². The van der Waals surface area contributed by atoms with Crippen molar-refractivity contribution in [2.45, 2.75) is 70.9 Å². The molecule has 5 nitrogen and oxygen atoms in total. The summed E-state index contributed by atoms with van der Waals surface area (Å²) in [7, 11) is -2.33. The number of rotatable bonds is 0. The predicted molar refractivity (Wildman–Crippen MR) is 174 cm³/mol. The Labute approximate surface area is 257 Å². The van der Waals surface area contributed by atoms with E-state index in [1.165, 1.54) is 11.1 Å². The van der Waals surface area contributed by atoms with E-state index in [4.69, 9.17) is 18.3 Å². The molecule has 0 radical (unpaired) electrons. The molecule has 7 aliphatic rings. The molecule has 0 fully saturated rings. The van der Waals surface area contributed by atoms with E-state index in [0.717, 1.165) is 41.7 Å². The lowest BCUT2D eigenvalue weighted by Gasteiger charge is -2.28. The van der Waals surface area contributed by atoms with Crippen LogP contribution in [0.5, 0.6) is 17.2 Å². The molecular weight excluding hydrogens is 552 g/mol. The highest BCUT2D eigenvalue weighted by atomic mass is 28.4. The topological polar surface area (TPSA) is 54.0 Å². The van der Waals surface area contributed by atoms with Crippen molar-refractivity contribution in [1.29, 1.82) is 0 Å². The molecule has 0 N–H and O–H groups in total. The molecule has 0 saturated carbocycles. The number of carbonyl (C=O) groups excluding carboxylic acids is 1. The van der Waals surface area contributed by atoms with Gasteiger partial charge in [-0.25, -0.2) is 4.79 Å². The van der Waals surface area contributed by atoms with E-state index in [1.54, 1.807) is 12.1 Å². The monoisotopic (exact) mass is 594 g/mol. The molecule has 0 unspecified atom stereocenters. The predicted octanol–water partition coefficient (Wildman–Crippen LogP) is 9.35. The molecule has 0 atom stereocenters. The number of aryl methyl sites for hydroxylation is 1. The molecular formula is C37H42O5Si. The summed E-state index contributed by atoms with van der Waals surface area (Å²) in [6.45, 7) is 13.6. The Morgan fingerprint density at radius 2 is 0.953 bits per heavy atom. The zero-order valence-electron chi connectivity index (χ0n) is 26.1. The standard InChI is InChI=1S/C37H42O5Si/c1-36(2)28-12-10-27(11-13-28)9-7-8-26-39-43(5,6)42-34-24-18-31(19-25-34)37(3,4)30-16-22-33(23-17-30)41-35(38)40-32-20-14-29(36)15-21-32/h10-25H,7-9,26H2,1-6H3. The van der Waals surface area contributed by atoms with Gasteiger partial charge in [0.15, 0.2) is 0 Å². The van der Waals surface area contributed by atoms with Crippen LogP contribution in [0.2, 0.25) is 13.1 Å². The van der Waals surface area contributed by atoms with Gasteiger partial charge in [-0.3, -0.25) is 0 Å². The van der Waals surface area contributed by atoms with Crippen molar-refractivity contribution < 1.29 is 23.1 Å². The summed E-state index contributed by atoms with van der Waals surface area (Å²) in [5, 5.41) is 0. The fourth-order valence-corrected chi connectivity index (χ4v) is 6.91. The summed E-state index contributed by atoms with van der Waals surface area (Å²) in [6, 6.07) is 32.3. The van der Waals surface area contributed by atoms with Crippen LogP contribution in [0.25, 0.3) is 0 Å². The van der Waals surface area contributed by atoms with Gasteiger partial charge in [0.25, 0.3) is 0 Å². The Morgan fingerprint density at radius 1 is 0.558 bits per heavy atom.